The highest BCUT2D eigenvalue weighted by Gasteiger charge is 2.15. The van der Waals surface area contributed by atoms with E-state index in [1.165, 1.54) is 11.2 Å². The van der Waals surface area contributed by atoms with Gasteiger partial charge in [-0.15, -0.1) is 0 Å². The molecular weight excluding hydrogens is 196 g/mol. The molecule has 0 saturated heterocycles. The van der Waals surface area contributed by atoms with Crippen LogP contribution in [-0.4, -0.2) is 33.0 Å². The molecule has 0 spiro atoms. The number of aryl methyl sites for hydroxylation is 1. The average Bonchev–Trinajstić information content (AvgIpc) is 2.62. The minimum atomic E-state index is -0.580. The Balaban J connectivity index is 2.67. The number of aromatic amines is 1. The number of aromatic nitrogens is 4. The fraction of sp³-hybridized carbons (Fsp3) is 0.250. The second kappa shape index (κ2) is 3.19. The highest BCUT2D eigenvalue weighted by atomic mass is 16.2. The largest absolute Gasteiger partial charge is 0.351 e. The van der Waals surface area contributed by atoms with Crippen molar-refractivity contribution in [3.63, 3.8) is 0 Å². The van der Waals surface area contributed by atoms with Crippen molar-refractivity contribution in [2.24, 2.45) is 5.73 Å². The zero-order valence-corrected chi connectivity index (χ0v) is 8.35. The summed E-state index contributed by atoms with van der Waals surface area (Å²) in [6, 6.07) is -0.580. The van der Waals surface area contributed by atoms with Crippen LogP contribution in [-0.2, 0) is 0 Å². The summed E-state index contributed by atoms with van der Waals surface area (Å²) in [6.45, 7) is 1.73. The zero-order valence-electron chi connectivity index (χ0n) is 8.35. The monoisotopic (exact) mass is 206 g/mol. The standard InChI is InChI=1S/C8H10N6O/c1-4-12-6-5(10-3-11-6)7(13-4)14(2)8(9)15/h3H,1-2H3,(H2,9,15)(H,10,11,12,13). The van der Waals surface area contributed by atoms with Gasteiger partial charge in [-0.3, -0.25) is 4.90 Å². The molecule has 2 aromatic heterocycles. The molecule has 2 rings (SSSR count). The summed E-state index contributed by atoms with van der Waals surface area (Å²) < 4.78 is 0. The van der Waals surface area contributed by atoms with Crippen molar-refractivity contribution in [2.75, 3.05) is 11.9 Å². The van der Waals surface area contributed by atoms with Crippen molar-refractivity contribution in [1.29, 1.82) is 0 Å². The maximum absolute atomic E-state index is 11.0. The van der Waals surface area contributed by atoms with Crippen molar-refractivity contribution in [1.82, 2.24) is 19.9 Å². The normalized spacial score (nSPS) is 10.5. The lowest BCUT2D eigenvalue weighted by Crippen LogP contribution is -2.32. The van der Waals surface area contributed by atoms with E-state index in [1.807, 2.05) is 0 Å². The molecule has 0 atom stereocenters. The number of urea groups is 1. The first-order valence-electron chi connectivity index (χ1n) is 4.30. The number of amides is 2. The van der Waals surface area contributed by atoms with Crippen LogP contribution in [0.5, 0.6) is 0 Å². The first-order chi connectivity index (χ1) is 7.09. The Labute approximate surface area is 85.3 Å². The number of hydrogen-bond acceptors (Lipinski definition) is 4. The van der Waals surface area contributed by atoms with E-state index in [9.17, 15) is 4.79 Å². The number of nitrogens with one attached hydrogen (secondary N) is 1. The lowest BCUT2D eigenvalue weighted by Gasteiger charge is -2.13. The number of nitrogens with two attached hydrogens (primary N) is 1. The number of hydrogen-bond donors (Lipinski definition) is 2. The molecule has 2 amide bonds. The smallest absolute Gasteiger partial charge is 0.320 e. The minimum Gasteiger partial charge on any atom is -0.351 e. The van der Waals surface area contributed by atoms with Gasteiger partial charge in [0.15, 0.2) is 11.5 Å². The third-order valence-corrected chi connectivity index (χ3v) is 2.03. The Hall–Kier alpha value is -2.18. The van der Waals surface area contributed by atoms with Crippen LogP contribution < -0.4 is 10.6 Å². The number of fused-ring (bicyclic) bond motifs is 1. The second-order valence-electron chi connectivity index (χ2n) is 3.09. The number of rotatable bonds is 1. The van der Waals surface area contributed by atoms with Crippen LogP contribution in [0.15, 0.2) is 6.33 Å². The number of primary amides is 1. The molecule has 0 fully saturated rings. The number of imidazole rings is 1. The number of anilines is 1. The van der Waals surface area contributed by atoms with Crippen molar-refractivity contribution in [3.8, 4) is 0 Å². The van der Waals surface area contributed by atoms with Crippen molar-refractivity contribution >= 4 is 23.0 Å². The van der Waals surface area contributed by atoms with E-state index in [-0.39, 0.29) is 0 Å². The number of carbonyl (C=O) groups is 1. The van der Waals surface area contributed by atoms with E-state index in [1.54, 1.807) is 14.0 Å². The number of carbonyl (C=O) groups excluding carboxylic acids is 1. The van der Waals surface area contributed by atoms with Crippen LogP contribution in [0.2, 0.25) is 0 Å². The van der Waals surface area contributed by atoms with Crippen LogP contribution in [0.3, 0.4) is 0 Å². The van der Waals surface area contributed by atoms with Crippen LogP contribution in [0.4, 0.5) is 10.6 Å². The predicted molar refractivity (Wildman–Crippen MR) is 54.4 cm³/mol. The molecule has 2 aromatic rings. The van der Waals surface area contributed by atoms with Crippen molar-refractivity contribution in [3.05, 3.63) is 12.2 Å². The first-order valence-corrected chi connectivity index (χ1v) is 4.30. The Morgan fingerprint density at radius 3 is 2.93 bits per heavy atom. The SMILES string of the molecule is Cc1nc(N(C)C(N)=O)c2[nH]cnc2n1. The third kappa shape index (κ3) is 1.47. The van der Waals surface area contributed by atoms with Gasteiger partial charge in [0.2, 0.25) is 0 Å². The van der Waals surface area contributed by atoms with Gasteiger partial charge in [-0.25, -0.2) is 19.7 Å². The number of H-pyrrole nitrogens is 1. The molecule has 0 saturated carbocycles. The lowest BCUT2D eigenvalue weighted by atomic mass is 10.4. The molecule has 0 aliphatic rings. The van der Waals surface area contributed by atoms with Crippen LogP contribution >= 0.6 is 0 Å². The molecule has 0 bridgehead atoms. The van der Waals surface area contributed by atoms with Crippen LogP contribution in [0.25, 0.3) is 11.2 Å². The summed E-state index contributed by atoms with van der Waals surface area (Å²) >= 11 is 0. The van der Waals surface area contributed by atoms with Gasteiger partial charge in [-0.1, -0.05) is 0 Å². The molecule has 0 aliphatic heterocycles. The molecule has 78 valence electrons. The van der Waals surface area contributed by atoms with Crippen molar-refractivity contribution in [2.45, 2.75) is 6.92 Å². The fourth-order valence-corrected chi connectivity index (χ4v) is 1.27. The number of nitrogens with zero attached hydrogens (tertiary/aromatic N) is 4. The van der Waals surface area contributed by atoms with Crippen LogP contribution in [0.1, 0.15) is 5.82 Å². The highest BCUT2D eigenvalue weighted by molar-refractivity contribution is 5.96. The molecular formula is C8H10N6O. The first kappa shape index (κ1) is 9.38. The second-order valence-corrected chi connectivity index (χ2v) is 3.09. The molecule has 0 aromatic carbocycles. The van der Waals surface area contributed by atoms with E-state index in [0.29, 0.717) is 22.8 Å². The van der Waals surface area contributed by atoms with E-state index >= 15 is 0 Å². The van der Waals surface area contributed by atoms with Gasteiger partial charge < -0.3 is 10.7 Å². The highest BCUT2D eigenvalue weighted by Crippen LogP contribution is 2.19. The Kier molecular flexibility index (Phi) is 2.00. The topological polar surface area (TPSA) is 101 Å². The van der Waals surface area contributed by atoms with E-state index in [4.69, 9.17) is 5.73 Å². The van der Waals surface area contributed by atoms with Gasteiger partial charge in [-0.2, -0.15) is 0 Å². The molecule has 2 heterocycles. The summed E-state index contributed by atoms with van der Waals surface area (Å²) in [4.78, 5) is 27.4. The Morgan fingerprint density at radius 2 is 2.27 bits per heavy atom. The zero-order chi connectivity index (χ0) is 11.0. The maximum atomic E-state index is 11.0. The quantitative estimate of drug-likeness (QED) is 0.694. The summed E-state index contributed by atoms with van der Waals surface area (Å²) in [7, 11) is 1.55. The van der Waals surface area contributed by atoms with Gasteiger partial charge in [0, 0.05) is 7.05 Å². The summed E-state index contributed by atoms with van der Waals surface area (Å²) in [5.41, 5.74) is 6.29. The van der Waals surface area contributed by atoms with E-state index < -0.39 is 6.03 Å². The Bertz CT molecular complexity index is 519. The van der Waals surface area contributed by atoms with E-state index in [0.717, 1.165) is 0 Å². The fourth-order valence-electron chi connectivity index (χ4n) is 1.27. The van der Waals surface area contributed by atoms with Gasteiger partial charge >= 0.3 is 6.03 Å². The van der Waals surface area contributed by atoms with Crippen LogP contribution in [0, 0.1) is 6.92 Å². The Morgan fingerprint density at radius 1 is 1.53 bits per heavy atom. The van der Waals surface area contributed by atoms with Gasteiger partial charge in [0.1, 0.15) is 11.3 Å². The predicted octanol–water partition coefficient (Wildman–Crippen LogP) is 0.176. The van der Waals surface area contributed by atoms with Gasteiger partial charge in [0.05, 0.1) is 6.33 Å². The molecule has 0 radical (unpaired) electrons. The maximum Gasteiger partial charge on any atom is 0.320 e. The minimum absolute atomic E-state index is 0.433. The molecule has 15 heavy (non-hydrogen) atoms. The average molecular weight is 206 g/mol. The summed E-state index contributed by atoms with van der Waals surface area (Å²) in [5, 5.41) is 0. The molecule has 0 aliphatic carbocycles. The third-order valence-electron chi connectivity index (χ3n) is 2.03. The summed E-state index contributed by atoms with van der Waals surface area (Å²) in [6.07, 6.45) is 1.50. The molecule has 7 heteroatoms. The molecule has 7 nitrogen and oxygen atoms in total. The van der Waals surface area contributed by atoms with Crippen molar-refractivity contribution < 1.29 is 4.79 Å². The van der Waals surface area contributed by atoms with E-state index in [2.05, 4.69) is 19.9 Å². The van der Waals surface area contributed by atoms with Gasteiger partial charge in [-0.05, 0) is 6.92 Å². The molecule has 0 unspecified atom stereocenters. The molecule has 3 N–H and O–H groups in total. The van der Waals surface area contributed by atoms with Gasteiger partial charge in [0.25, 0.3) is 0 Å². The lowest BCUT2D eigenvalue weighted by molar-refractivity contribution is 0.255. The summed E-state index contributed by atoms with van der Waals surface area (Å²) in [5.74, 6) is 0.972.